The van der Waals surface area contributed by atoms with Crippen LogP contribution in [0.15, 0.2) is 36.4 Å². The Morgan fingerprint density at radius 3 is 2.39 bits per heavy atom. The van der Waals surface area contributed by atoms with Gasteiger partial charge in [0, 0.05) is 19.1 Å². The van der Waals surface area contributed by atoms with E-state index in [0.717, 1.165) is 37.3 Å². The molecule has 0 fully saturated rings. The highest BCUT2D eigenvalue weighted by Gasteiger charge is 2.31. The molecule has 0 aromatic heterocycles. The van der Waals surface area contributed by atoms with Crippen molar-refractivity contribution in [1.29, 1.82) is 0 Å². The molecule has 8 nitrogen and oxygen atoms in total. The number of benzene rings is 2. The Kier molecular flexibility index (Phi) is 6.09. The zero-order chi connectivity index (χ0) is 21.1. The van der Waals surface area contributed by atoms with Crippen LogP contribution in [0.4, 0.5) is 18.9 Å². The molecule has 0 unspecified atom stereocenters. The van der Waals surface area contributed by atoms with Crippen LogP contribution in [0.25, 0.3) is 0 Å². The van der Waals surface area contributed by atoms with Crippen LogP contribution in [0.2, 0.25) is 5.02 Å². The van der Waals surface area contributed by atoms with Gasteiger partial charge in [-0.15, -0.1) is 0 Å². The quantitative estimate of drug-likeness (QED) is 0.587. The molecule has 0 heterocycles. The highest BCUT2D eigenvalue weighted by Crippen LogP contribution is 2.37. The number of carbonyl (C=O) groups is 2. The third-order valence-electron chi connectivity index (χ3n) is 3.16. The molecule has 0 spiro atoms. The van der Waals surface area contributed by atoms with Gasteiger partial charge in [-0.1, -0.05) is 11.6 Å². The summed E-state index contributed by atoms with van der Waals surface area (Å²) in [5.41, 5.74) is -0.457. The number of carbonyl (C=O) groups excluding carboxylic acids is 2. The first-order chi connectivity index (χ1) is 13.0. The summed E-state index contributed by atoms with van der Waals surface area (Å²) in [4.78, 5) is 37.4. The van der Waals surface area contributed by atoms with E-state index >= 15 is 0 Å². The number of nitro benzene ring substituents is 1. The molecule has 28 heavy (non-hydrogen) atoms. The minimum absolute atomic E-state index is 0.137. The van der Waals surface area contributed by atoms with Gasteiger partial charge in [-0.25, -0.2) is 4.79 Å². The number of hydrogen-bond acceptors (Lipinski definition) is 6. The van der Waals surface area contributed by atoms with E-state index in [-0.39, 0.29) is 16.5 Å². The number of nitro groups is 1. The first-order valence-corrected chi connectivity index (χ1v) is 7.67. The second kappa shape index (κ2) is 8.13. The Hall–Kier alpha value is -3.34. The number of nitrogens with zero attached hydrogens (tertiary/aromatic N) is 1. The second-order valence-corrected chi connectivity index (χ2v) is 5.64. The third kappa shape index (κ3) is 5.10. The molecule has 148 valence electrons. The molecule has 12 heteroatoms. The van der Waals surface area contributed by atoms with E-state index in [1.165, 1.54) is 0 Å². The lowest BCUT2D eigenvalue weighted by atomic mass is 10.1. The fourth-order valence-corrected chi connectivity index (χ4v) is 2.18. The third-order valence-corrected chi connectivity index (χ3v) is 3.45. The fraction of sp³-hybridized carbons (Fsp3) is 0.125. The molecular formula is C16H10ClF3N2O6. The second-order valence-electron chi connectivity index (χ2n) is 5.23. The summed E-state index contributed by atoms with van der Waals surface area (Å²) in [5, 5.41) is 10.7. The maximum atomic E-state index is 12.7. The lowest BCUT2D eigenvalue weighted by Gasteiger charge is -2.12. The lowest BCUT2D eigenvalue weighted by molar-refractivity contribution is -0.385. The van der Waals surface area contributed by atoms with Crippen molar-refractivity contribution in [2.45, 2.75) is 13.1 Å². The van der Waals surface area contributed by atoms with Crippen molar-refractivity contribution in [2.75, 3.05) is 0 Å². The van der Waals surface area contributed by atoms with Crippen molar-refractivity contribution < 1.29 is 37.3 Å². The van der Waals surface area contributed by atoms with Crippen molar-refractivity contribution >= 4 is 29.2 Å². The van der Waals surface area contributed by atoms with Crippen LogP contribution in [-0.2, 0) is 15.8 Å². The minimum Gasteiger partial charge on any atom is -0.456 e. The van der Waals surface area contributed by atoms with Crippen molar-refractivity contribution in [3.8, 4) is 11.5 Å². The summed E-state index contributed by atoms with van der Waals surface area (Å²) in [6, 6.07) is 5.31. The van der Waals surface area contributed by atoms with E-state index in [2.05, 4.69) is 4.84 Å². The standard InChI is InChI=1S/C16H10ClF3N2O6/c1-8(23)21-28-15(24)11-7-10(3-4-13(11)22(25)26)27-14-5-2-9(6-12(14)17)16(18,19)20/h2-7H,1H3,(H,21,23). The van der Waals surface area contributed by atoms with Gasteiger partial charge in [0.25, 0.3) is 5.69 Å². The predicted molar refractivity (Wildman–Crippen MR) is 88.9 cm³/mol. The van der Waals surface area contributed by atoms with Gasteiger partial charge in [-0.3, -0.25) is 14.9 Å². The Morgan fingerprint density at radius 1 is 1.18 bits per heavy atom. The van der Waals surface area contributed by atoms with E-state index in [9.17, 15) is 32.9 Å². The van der Waals surface area contributed by atoms with Crippen LogP contribution in [0, 0.1) is 10.1 Å². The number of rotatable bonds is 4. The molecule has 0 bridgehead atoms. The van der Waals surface area contributed by atoms with Gasteiger partial charge in [-0.2, -0.15) is 18.7 Å². The number of hydrogen-bond donors (Lipinski definition) is 1. The number of nitrogens with one attached hydrogen (secondary N) is 1. The molecule has 0 radical (unpaired) electrons. The summed E-state index contributed by atoms with van der Waals surface area (Å²) in [6.07, 6.45) is -4.60. The normalized spacial score (nSPS) is 10.9. The van der Waals surface area contributed by atoms with E-state index < -0.39 is 39.8 Å². The summed E-state index contributed by atoms with van der Waals surface area (Å²) < 4.78 is 43.3. The largest absolute Gasteiger partial charge is 0.456 e. The smallest absolute Gasteiger partial charge is 0.416 e. The molecule has 0 aliphatic rings. The average molecular weight is 419 g/mol. The molecule has 1 amide bonds. The van der Waals surface area contributed by atoms with Crippen molar-refractivity contribution in [3.63, 3.8) is 0 Å². The molecule has 2 aromatic carbocycles. The monoisotopic (exact) mass is 418 g/mol. The van der Waals surface area contributed by atoms with Crippen LogP contribution >= 0.6 is 11.6 Å². The van der Waals surface area contributed by atoms with E-state index in [0.29, 0.717) is 6.07 Å². The number of hydroxylamine groups is 1. The summed E-state index contributed by atoms with van der Waals surface area (Å²) in [6.45, 7) is 1.05. The fourth-order valence-electron chi connectivity index (χ4n) is 1.96. The van der Waals surface area contributed by atoms with Crippen LogP contribution in [-0.4, -0.2) is 16.8 Å². The van der Waals surface area contributed by atoms with Gasteiger partial charge in [0.15, 0.2) is 0 Å². The van der Waals surface area contributed by atoms with Gasteiger partial charge in [-0.05, 0) is 24.3 Å². The first kappa shape index (κ1) is 21.0. The maximum absolute atomic E-state index is 12.7. The highest BCUT2D eigenvalue weighted by atomic mass is 35.5. The highest BCUT2D eigenvalue weighted by molar-refractivity contribution is 6.32. The molecule has 2 rings (SSSR count). The number of amides is 1. The van der Waals surface area contributed by atoms with Crippen molar-refractivity contribution in [1.82, 2.24) is 5.48 Å². The minimum atomic E-state index is -4.60. The van der Waals surface area contributed by atoms with Crippen LogP contribution < -0.4 is 10.2 Å². The molecule has 0 aliphatic carbocycles. The lowest BCUT2D eigenvalue weighted by Crippen LogP contribution is -2.24. The molecule has 2 aromatic rings. The van der Waals surface area contributed by atoms with E-state index in [1.54, 1.807) is 5.48 Å². The van der Waals surface area contributed by atoms with Gasteiger partial charge < -0.3 is 9.57 Å². The van der Waals surface area contributed by atoms with Crippen LogP contribution in [0.5, 0.6) is 11.5 Å². The Morgan fingerprint density at radius 2 is 1.86 bits per heavy atom. The number of alkyl halides is 3. The Labute approximate surface area is 159 Å². The van der Waals surface area contributed by atoms with Gasteiger partial charge in [0.2, 0.25) is 5.91 Å². The van der Waals surface area contributed by atoms with E-state index in [1.807, 2.05) is 0 Å². The summed E-state index contributed by atoms with van der Waals surface area (Å²) in [7, 11) is 0. The van der Waals surface area contributed by atoms with E-state index in [4.69, 9.17) is 16.3 Å². The van der Waals surface area contributed by atoms with Crippen LogP contribution in [0.3, 0.4) is 0 Å². The summed E-state index contributed by atoms with van der Waals surface area (Å²) >= 11 is 5.78. The predicted octanol–water partition coefficient (Wildman–Crippen LogP) is 4.27. The molecule has 0 saturated heterocycles. The van der Waals surface area contributed by atoms with Gasteiger partial charge >= 0.3 is 12.1 Å². The zero-order valence-electron chi connectivity index (χ0n) is 13.9. The van der Waals surface area contributed by atoms with Gasteiger partial charge in [0.05, 0.1) is 15.5 Å². The van der Waals surface area contributed by atoms with Crippen molar-refractivity contribution in [3.05, 3.63) is 62.7 Å². The molecule has 0 aliphatic heterocycles. The summed E-state index contributed by atoms with van der Waals surface area (Å²) in [5.74, 6) is -2.28. The number of halogens is 4. The van der Waals surface area contributed by atoms with Gasteiger partial charge in [0.1, 0.15) is 17.1 Å². The zero-order valence-corrected chi connectivity index (χ0v) is 14.6. The molecule has 1 N–H and O–H groups in total. The molecule has 0 atom stereocenters. The SMILES string of the molecule is CC(=O)NOC(=O)c1cc(Oc2ccc(C(F)(F)F)cc2Cl)ccc1[N+](=O)[O-]. The number of ether oxygens (including phenoxy) is 1. The average Bonchev–Trinajstić information content (AvgIpc) is 2.60. The molecule has 0 saturated carbocycles. The topological polar surface area (TPSA) is 108 Å². The Balaban J connectivity index is 2.34. The maximum Gasteiger partial charge on any atom is 0.416 e. The van der Waals surface area contributed by atoms with Crippen LogP contribution in [0.1, 0.15) is 22.8 Å². The van der Waals surface area contributed by atoms with Crippen molar-refractivity contribution in [2.24, 2.45) is 0 Å². The molecular weight excluding hydrogens is 409 g/mol. The Bertz CT molecular complexity index is 948. The first-order valence-electron chi connectivity index (χ1n) is 7.30.